The summed E-state index contributed by atoms with van der Waals surface area (Å²) in [5, 5.41) is 6.09. The number of ether oxygens (including phenoxy) is 1. The Morgan fingerprint density at radius 3 is 2.67 bits per heavy atom. The van der Waals surface area contributed by atoms with Crippen LogP contribution in [0, 0.1) is 5.92 Å². The Bertz CT molecular complexity index is 817. The fourth-order valence-electron chi connectivity index (χ4n) is 3.99. The first-order chi connectivity index (χ1) is 12.8. The highest BCUT2D eigenvalue weighted by molar-refractivity contribution is 5.94. The van der Waals surface area contributed by atoms with E-state index < -0.39 is 6.04 Å². The number of fused-ring (bicyclic) bond motifs is 3. The molecule has 0 saturated carbocycles. The number of nitrogens with one attached hydrogen (secondary N) is 2. The zero-order valence-corrected chi connectivity index (χ0v) is 16.0. The zero-order chi connectivity index (χ0) is 19.7. The molecule has 1 aromatic carbocycles. The number of benzene rings is 1. The average molecular weight is 371 g/mol. The number of ketones is 1. The van der Waals surface area contributed by atoms with Gasteiger partial charge >= 0.3 is 5.97 Å². The highest BCUT2D eigenvalue weighted by atomic mass is 16.5. The fraction of sp³-hybridized carbons (Fsp3) is 0.450. The van der Waals surface area contributed by atoms with Crippen LogP contribution in [-0.4, -0.2) is 42.3 Å². The molecule has 7 heteroatoms. The summed E-state index contributed by atoms with van der Waals surface area (Å²) in [5.41, 5.74) is 3.20. The molecule has 0 unspecified atom stereocenters. The van der Waals surface area contributed by atoms with Gasteiger partial charge in [0.2, 0.25) is 5.91 Å². The van der Waals surface area contributed by atoms with Gasteiger partial charge in [0.05, 0.1) is 12.6 Å². The maximum Gasteiger partial charge on any atom is 0.328 e. The number of carbonyl (C=O) groups excluding carboxylic acids is 3. The number of rotatable bonds is 4. The zero-order valence-electron chi connectivity index (χ0n) is 16.0. The van der Waals surface area contributed by atoms with Crippen molar-refractivity contribution in [3.63, 3.8) is 0 Å². The summed E-state index contributed by atoms with van der Waals surface area (Å²) >= 11 is 0. The van der Waals surface area contributed by atoms with E-state index in [4.69, 9.17) is 4.74 Å². The van der Waals surface area contributed by atoms with Gasteiger partial charge in [0.1, 0.15) is 6.04 Å². The lowest BCUT2D eigenvalue weighted by molar-refractivity contribution is -0.146. The molecule has 144 valence electrons. The largest absolute Gasteiger partial charge is 0.464 e. The van der Waals surface area contributed by atoms with Crippen LogP contribution in [0.25, 0.3) is 0 Å². The molecular weight excluding hydrogens is 346 g/mol. The quantitative estimate of drug-likeness (QED) is 0.791. The van der Waals surface area contributed by atoms with Crippen molar-refractivity contribution >= 4 is 29.0 Å². The molecule has 0 aromatic heterocycles. The van der Waals surface area contributed by atoms with Crippen LogP contribution in [0.1, 0.15) is 38.8 Å². The Kier molecular flexibility index (Phi) is 5.21. The number of hydrogen-bond donors (Lipinski definition) is 2. The second kappa shape index (κ2) is 7.42. The number of esters is 1. The van der Waals surface area contributed by atoms with Crippen molar-refractivity contribution in [1.82, 2.24) is 4.90 Å². The summed E-state index contributed by atoms with van der Waals surface area (Å²) in [7, 11) is 1.90. The average Bonchev–Trinajstić information content (AvgIpc) is 2.60. The van der Waals surface area contributed by atoms with Gasteiger partial charge in [0.15, 0.2) is 5.78 Å². The standard InChI is InChI=1S/C20H25N3O4/c1-5-27-20(26)18-16-8-13(11(2)24)10-23(4)19(16)15-9-14(21-12(3)25)6-7-17(15)22-18/h6-7,9-10,16,18-19,22H,5,8H2,1-4H3,(H,21,25)/t16-,18-,19+/m0/s1. The third-order valence-electron chi connectivity index (χ3n) is 5.08. The number of amides is 1. The molecule has 0 bridgehead atoms. The van der Waals surface area contributed by atoms with Gasteiger partial charge in [-0.25, -0.2) is 4.79 Å². The van der Waals surface area contributed by atoms with Crippen LogP contribution in [0.3, 0.4) is 0 Å². The topological polar surface area (TPSA) is 87.7 Å². The van der Waals surface area contributed by atoms with E-state index in [2.05, 4.69) is 10.6 Å². The molecule has 3 rings (SSSR count). The molecule has 2 aliphatic heterocycles. The Labute approximate surface area is 158 Å². The molecule has 0 spiro atoms. The van der Waals surface area contributed by atoms with Crippen LogP contribution >= 0.6 is 0 Å². The molecule has 2 heterocycles. The summed E-state index contributed by atoms with van der Waals surface area (Å²) in [4.78, 5) is 38.0. The van der Waals surface area contributed by atoms with Gasteiger partial charge in [0.25, 0.3) is 0 Å². The molecule has 0 aliphatic carbocycles. The third kappa shape index (κ3) is 3.67. The van der Waals surface area contributed by atoms with Crippen LogP contribution in [-0.2, 0) is 19.1 Å². The van der Waals surface area contributed by atoms with Crippen LogP contribution < -0.4 is 10.6 Å². The van der Waals surface area contributed by atoms with E-state index in [-0.39, 0.29) is 29.6 Å². The molecule has 0 radical (unpaired) electrons. The Morgan fingerprint density at radius 1 is 1.30 bits per heavy atom. The monoisotopic (exact) mass is 371 g/mol. The van der Waals surface area contributed by atoms with E-state index in [0.717, 1.165) is 11.3 Å². The lowest BCUT2D eigenvalue weighted by Gasteiger charge is -2.46. The smallest absolute Gasteiger partial charge is 0.328 e. The number of anilines is 2. The Balaban J connectivity index is 2.06. The number of Topliss-reactive ketones (excluding diaryl/α,β-unsaturated/α-hetero) is 1. The van der Waals surface area contributed by atoms with Crippen molar-refractivity contribution < 1.29 is 19.1 Å². The van der Waals surface area contributed by atoms with Crippen LogP contribution in [0.2, 0.25) is 0 Å². The van der Waals surface area contributed by atoms with Crippen LogP contribution in [0.5, 0.6) is 0 Å². The maximum atomic E-state index is 12.6. The molecule has 0 fully saturated rings. The van der Waals surface area contributed by atoms with E-state index in [0.29, 0.717) is 24.3 Å². The predicted molar refractivity (Wildman–Crippen MR) is 102 cm³/mol. The molecule has 1 amide bonds. The predicted octanol–water partition coefficient (Wildman–Crippen LogP) is 2.47. The van der Waals surface area contributed by atoms with Gasteiger partial charge < -0.3 is 20.3 Å². The summed E-state index contributed by atoms with van der Waals surface area (Å²) in [6.07, 6.45) is 2.34. The number of hydrogen-bond acceptors (Lipinski definition) is 6. The molecule has 2 N–H and O–H groups in total. The van der Waals surface area contributed by atoms with Crippen molar-refractivity contribution in [2.45, 2.75) is 39.3 Å². The van der Waals surface area contributed by atoms with Crippen molar-refractivity contribution in [2.24, 2.45) is 5.92 Å². The Morgan fingerprint density at radius 2 is 2.04 bits per heavy atom. The van der Waals surface area contributed by atoms with E-state index >= 15 is 0 Å². The first kappa shape index (κ1) is 18.9. The van der Waals surface area contributed by atoms with Crippen molar-refractivity contribution in [1.29, 1.82) is 0 Å². The van der Waals surface area contributed by atoms with E-state index in [1.165, 1.54) is 6.92 Å². The van der Waals surface area contributed by atoms with Crippen molar-refractivity contribution in [3.05, 3.63) is 35.5 Å². The molecule has 2 aliphatic rings. The van der Waals surface area contributed by atoms with E-state index in [1.54, 1.807) is 19.9 Å². The second-order valence-corrected chi connectivity index (χ2v) is 7.05. The van der Waals surface area contributed by atoms with Gasteiger partial charge in [-0.3, -0.25) is 9.59 Å². The molecule has 1 aromatic rings. The second-order valence-electron chi connectivity index (χ2n) is 7.05. The number of carbonyl (C=O) groups is 3. The molecule has 27 heavy (non-hydrogen) atoms. The molecule has 7 nitrogen and oxygen atoms in total. The fourth-order valence-corrected chi connectivity index (χ4v) is 3.99. The minimum Gasteiger partial charge on any atom is -0.464 e. The highest BCUT2D eigenvalue weighted by Gasteiger charge is 2.45. The van der Waals surface area contributed by atoms with Gasteiger partial charge in [-0.05, 0) is 38.5 Å². The maximum absolute atomic E-state index is 12.6. The molecule has 0 saturated heterocycles. The first-order valence-corrected chi connectivity index (χ1v) is 9.10. The Hall–Kier alpha value is -2.83. The minimum atomic E-state index is -0.542. The number of nitrogens with zero attached hydrogens (tertiary/aromatic N) is 1. The summed E-state index contributed by atoms with van der Waals surface area (Å²) in [6.45, 7) is 5.08. The summed E-state index contributed by atoms with van der Waals surface area (Å²) in [6, 6.07) is 4.94. The van der Waals surface area contributed by atoms with Crippen LogP contribution in [0.15, 0.2) is 30.0 Å². The first-order valence-electron chi connectivity index (χ1n) is 9.10. The molecule has 3 atom stereocenters. The lowest BCUT2D eigenvalue weighted by Crippen LogP contribution is -2.49. The van der Waals surface area contributed by atoms with Crippen LogP contribution in [0.4, 0.5) is 11.4 Å². The molecular formula is C20H25N3O4. The normalized spacial score (nSPS) is 23.3. The van der Waals surface area contributed by atoms with Gasteiger partial charge in [0, 0.05) is 48.6 Å². The van der Waals surface area contributed by atoms with E-state index in [9.17, 15) is 14.4 Å². The SMILES string of the molecule is CCOC(=O)[C@H]1Nc2ccc(NC(C)=O)cc2[C@@H]2[C@H]1CC(C(C)=O)=CN2C. The van der Waals surface area contributed by atoms with Gasteiger partial charge in [-0.15, -0.1) is 0 Å². The van der Waals surface area contributed by atoms with E-state index in [1.807, 2.05) is 30.3 Å². The van der Waals surface area contributed by atoms with Crippen molar-refractivity contribution in [3.8, 4) is 0 Å². The van der Waals surface area contributed by atoms with Crippen molar-refractivity contribution in [2.75, 3.05) is 24.3 Å². The lowest BCUT2D eigenvalue weighted by atomic mass is 9.75. The third-order valence-corrected chi connectivity index (χ3v) is 5.08. The summed E-state index contributed by atoms with van der Waals surface area (Å²) in [5.74, 6) is -0.614. The van der Waals surface area contributed by atoms with Gasteiger partial charge in [-0.2, -0.15) is 0 Å². The van der Waals surface area contributed by atoms with Gasteiger partial charge in [-0.1, -0.05) is 0 Å². The minimum absolute atomic E-state index is 0.000651. The summed E-state index contributed by atoms with van der Waals surface area (Å²) < 4.78 is 5.27. The highest BCUT2D eigenvalue weighted by Crippen LogP contribution is 2.46. The number of allylic oxidation sites excluding steroid dienone is 1.